The van der Waals surface area contributed by atoms with E-state index in [0.717, 1.165) is 35.2 Å². The second-order valence-corrected chi connectivity index (χ2v) is 9.10. The van der Waals surface area contributed by atoms with Gasteiger partial charge in [0.25, 0.3) is 5.91 Å². The third-order valence-corrected chi connectivity index (χ3v) is 5.82. The molecule has 2 rings (SSSR count). The van der Waals surface area contributed by atoms with E-state index < -0.39 is 34.2 Å². The van der Waals surface area contributed by atoms with Gasteiger partial charge in [-0.25, -0.2) is 12.7 Å². The predicted octanol–water partition coefficient (Wildman–Crippen LogP) is 0.964. The Kier molecular flexibility index (Phi) is 8.33. The smallest absolute Gasteiger partial charge is 0.311 e. The fraction of sp³-hybridized carbons (Fsp3) is 0.526. The number of aliphatic hydroxyl groups excluding tert-OH is 2. The van der Waals surface area contributed by atoms with Crippen LogP contribution < -0.4 is 9.62 Å². The summed E-state index contributed by atoms with van der Waals surface area (Å²) in [4.78, 5) is 20.5. The Morgan fingerprint density at radius 3 is 2.60 bits per heavy atom. The van der Waals surface area contributed by atoms with Crippen LogP contribution in [-0.4, -0.2) is 66.1 Å². The number of amides is 1. The molecule has 3 atom stereocenters. The first-order chi connectivity index (χ1) is 14.1. The molecule has 0 aliphatic carbocycles. The fourth-order valence-corrected chi connectivity index (χ4v) is 3.15. The minimum absolute atomic E-state index is 0. The topological polar surface area (TPSA) is 146 Å². The summed E-state index contributed by atoms with van der Waals surface area (Å²) >= 11 is 0. The molecule has 0 aromatic carbocycles. The Hall–Kier alpha value is -2.50. The molecule has 0 radical (unpaired) electrons. The number of anilines is 1. The van der Waals surface area contributed by atoms with E-state index in [1.54, 1.807) is 24.5 Å². The van der Waals surface area contributed by atoms with E-state index in [4.69, 9.17) is 4.42 Å². The summed E-state index contributed by atoms with van der Waals surface area (Å²) in [5.74, 6) is -0.660. The van der Waals surface area contributed by atoms with Crippen molar-refractivity contribution in [2.75, 3.05) is 17.6 Å². The van der Waals surface area contributed by atoms with Gasteiger partial charge in [-0.1, -0.05) is 19.8 Å². The number of nitrogens with one attached hydrogen (secondary N) is 1. The molecule has 2 heterocycles. The van der Waals surface area contributed by atoms with Gasteiger partial charge in [0.05, 0.1) is 18.4 Å². The average molecular weight is 443 g/mol. The van der Waals surface area contributed by atoms with Crippen LogP contribution in [0, 0.1) is 0 Å². The number of rotatable bonds is 11. The lowest BCUT2D eigenvalue weighted by atomic mass is 9.95. The van der Waals surface area contributed by atoms with E-state index in [2.05, 4.69) is 15.3 Å². The van der Waals surface area contributed by atoms with Crippen molar-refractivity contribution in [3.8, 4) is 0 Å². The largest absolute Gasteiger partial charge is 0.430 e. The fourth-order valence-electron chi connectivity index (χ4n) is 2.78. The van der Waals surface area contributed by atoms with Gasteiger partial charge in [-0.15, -0.1) is 0 Å². The molecule has 0 aliphatic rings. The number of unbranched alkanes of at least 4 members (excludes halogenated alkanes) is 1. The van der Waals surface area contributed by atoms with Crippen LogP contribution in [0.25, 0.3) is 0 Å². The molecule has 168 valence electrons. The van der Waals surface area contributed by atoms with Crippen molar-refractivity contribution in [1.29, 1.82) is 0 Å². The third kappa shape index (κ3) is 6.51. The van der Waals surface area contributed by atoms with Crippen molar-refractivity contribution >= 4 is 21.9 Å². The Bertz CT molecular complexity index is 924. The monoisotopic (exact) mass is 442 g/mol. The number of carbonyl (C=O) groups is 1. The van der Waals surface area contributed by atoms with E-state index >= 15 is 0 Å². The summed E-state index contributed by atoms with van der Waals surface area (Å²) < 4.78 is 29.1. The summed E-state index contributed by atoms with van der Waals surface area (Å²) in [6.07, 6.45) is 5.24. The Morgan fingerprint density at radius 2 is 2.00 bits per heavy atom. The van der Waals surface area contributed by atoms with Crippen LogP contribution in [0.4, 0.5) is 6.01 Å². The van der Waals surface area contributed by atoms with Gasteiger partial charge in [-0.2, -0.15) is 4.98 Å². The van der Waals surface area contributed by atoms with E-state index in [-0.39, 0.29) is 19.6 Å². The summed E-state index contributed by atoms with van der Waals surface area (Å²) in [5.41, 5.74) is 0.671. The first-order valence-corrected chi connectivity index (χ1v) is 11.4. The molecule has 2 aromatic rings. The number of aliphatic hydroxyl groups is 2. The molecule has 10 nitrogen and oxygen atoms in total. The van der Waals surface area contributed by atoms with Crippen LogP contribution in [-0.2, 0) is 16.4 Å². The lowest BCUT2D eigenvalue weighted by Gasteiger charge is -2.27. The number of sulfonamides is 1. The number of carbonyl (C=O) groups excluding carboxylic acids is 1. The zero-order valence-corrected chi connectivity index (χ0v) is 18.0. The normalized spacial score (nSPS) is 14.7. The molecular weight excluding hydrogens is 412 g/mol. The summed E-state index contributed by atoms with van der Waals surface area (Å²) in [6.45, 7) is 1.98. The molecule has 0 spiro atoms. The van der Waals surface area contributed by atoms with Gasteiger partial charge in [-0.05, 0) is 30.5 Å². The highest BCUT2D eigenvalue weighted by Gasteiger charge is 2.29. The SMILES string of the molecule is CCCCC(O)C(O)C(Cc1ccncc1)NC(=O)c1coc(N(C)S(C)(=O)=O)n1.[HH]. The van der Waals surface area contributed by atoms with Gasteiger partial charge >= 0.3 is 6.01 Å². The Morgan fingerprint density at radius 1 is 1.33 bits per heavy atom. The van der Waals surface area contributed by atoms with Crippen LogP contribution in [0.1, 0.15) is 43.7 Å². The first-order valence-electron chi connectivity index (χ1n) is 9.58. The zero-order valence-electron chi connectivity index (χ0n) is 17.2. The lowest BCUT2D eigenvalue weighted by molar-refractivity contribution is -0.00818. The van der Waals surface area contributed by atoms with Gasteiger partial charge < -0.3 is 19.9 Å². The van der Waals surface area contributed by atoms with Crippen LogP contribution in [0.15, 0.2) is 35.2 Å². The van der Waals surface area contributed by atoms with Gasteiger partial charge in [0.2, 0.25) is 10.0 Å². The van der Waals surface area contributed by atoms with E-state index in [0.29, 0.717) is 6.42 Å². The molecule has 0 saturated carbocycles. The van der Waals surface area contributed by atoms with Crippen LogP contribution >= 0.6 is 0 Å². The maximum absolute atomic E-state index is 12.7. The number of hydrogen-bond donors (Lipinski definition) is 3. The Balaban J connectivity index is 0.00000480. The van der Waals surface area contributed by atoms with E-state index in [9.17, 15) is 23.4 Å². The molecule has 2 aromatic heterocycles. The molecule has 0 bridgehead atoms. The zero-order chi connectivity index (χ0) is 22.3. The van der Waals surface area contributed by atoms with Crippen molar-refractivity contribution < 1.29 is 29.3 Å². The number of oxazole rings is 1. The van der Waals surface area contributed by atoms with Gasteiger partial charge in [0.1, 0.15) is 12.4 Å². The van der Waals surface area contributed by atoms with Gasteiger partial charge in [-0.3, -0.25) is 9.78 Å². The minimum atomic E-state index is -3.60. The number of hydrogen-bond acceptors (Lipinski definition) is 8. The highest BCUT2D eigenvalue weighted by molar-refractivity contribution is 7.92. The average Bonchev–Trinajstić information content (AvgIpc) is 3.20. The summed E-state index contributed by atoms with van der Waals surface area (Å²) in [6, 6.07) is 2.44. The lowest BCUT2D eigenvalue weighted by Crippen LogP contribution is -2.50. The van der Waals surface area contributed by atoms with Crippen molar-refractivity contribution in [2.45, 2.75) is 50.9 Å². The molecule has 3 N–H and O–H groups in total. The minimum Gasteiger partial charge on any atom is -0.430 e. The maximum atomic E-state index is 12.7. The molecule has 0 saturated heterocycles. The second kappa shape index (κ2) is 10.5. The van der Waals surface area contributed by atoms with Crippen LogP contribution in [0.3, 0.4) is 0 Å². The van der Waals surface area contributed by atoms with Crippen molar-refractivity contribution in [2.24, 2.45) is 0 Å². The highest BCUT2D eigenvalue weighted by Crippen LogP contribution is 2.16. The number of nitrogens with zero attached hydrogens (tertiary/aromatic N) is 3. The van der Waals surface area contributed by atoms with E-state index in [1.165, 1.54) is 7.05 Å². The molecule has 1 amide bonds. The molecule has 11 heteroatoms. The Labute approximate surface area is 177 Å². The number of aromatic nitrogens is 2. The van der Waals surface area contributed by atoms with Crippen molar-refractivity contribution in [3.63, 3.8) is 0 Å². The summed E-state index contributed by atoms with van der Waals surface area (Å²) in [5, 5.41) is 23.6. The first kappa shape index (κ1) is 23.8. The molecule has 30 heavy (non-hydrogen) atoms. The standard InChI is InChI=1S/C19H28N4O6S.H2/c1-4-5-6-16(24)17(25)14(11-13-7-9-20-10-8-13)21-18(26)15-12-29-19(22-15)23(2)30(3,27)28;/h7-10,12,14,16-17,24-25H,4-6,11H2,1-3H3,(H,21,26);1H. The molecule has 0 fully saturated rings. The maximum Gasteiger partial charge on any atom is 0.311 e. The highest BCUT2D eigenvalue weighted by atomic mass is 32.2. The van der Waals surface area contributed by atoms with Gasteiger partial charge in [0, 0.05) is 20.9 Å². The van der Waals surface area contributed by atoms with Crippen LogP contribution in [0.2, 0.25) is 0 Å². The van der Waals surface area contributed by atoms with E-state index in [1.807, 2.05) is 6.92 Å². The molecular formula is C19H30N4O6S. The molecule has 0 aliphatic heterocycles. The van der Waals surface area contributed by atoms with Crippen molar-refractivity contribution in [3.05, 3.63) is 42.0 Å². The summed E-state index contributed by atoms with van der Waals surface area (Å²) in [7, 11) is -2.35. The quantitative estimate of drug-likeness (QED) is 0.466. The van der Waals surface area contributed by atoms with Crippen molar-refractivity contribution in [1.82, 2.24) is 15.3 Å². The predicted molar refractivity (Wildman–Crippen MR) is 113 cm³/mol. The number of pyridine rings is 1. The molecule has 3 unspecified atom stereocenters. The second-order valence-electron chi connectivity index (χ2n) is 7.09. The third-order valence-electron chi connectivity index (χ3n) is 4.67. The van der Waals surface area contributed by atoms with Crippen LogP contribution in [0.5, 0.6) is 0 Å². The van der Waals surface area contributed by atoms with Gasteiger partial charge in [0.15, 0.2) is 5.69 Å².